The fourth-order valence-electron chi connectivity index (χ4n) is 3.42. The van der Waals surface area contributed by atoms with Crippen LogP contribution < -0.4 is 10.0 Å². The molecule has 1 atom stereocenters. The lowest BCUT2D eigenvalue weighted by Crippen LogP contribution is -2.37. The summed E-state index contributed by atoms with van der Waals surface area (Å²) < 4.78 is 84.9. The zero-order valence-corrected chi connectivity index (χ0v) is 18.4. The van der Waals surface area contributed by atoms with E-state index in [1.165, 1.54) is 17.3 Å². The van der Waals surface area contributed by atoms with Crippen molar-refractivity contribution in [1.82, 2.24) is 9.62 Å². The Morgan fingerprint density at radius 1 is 1.03 bits per heavy atom. The molecular weight excluding hydrogens is 468 g/mol. The third-order valence-electron chi connectivity index (χ3n) is 5.30. The van der Waals surface area contributed by atoms with Gasteiger partial charge in [-0.2, -0.15) is 4.72 Å². The van der Waals surface area contributed by atoms with Crippen LogP contribution in [0.25, 0.3) is 0 Å². The Morgan fingerprint density at radius 2 is 1.75 bits per heavy atom. The number of anilines is 1. The highest BCUT2D eigenvalue weighted by Crippen LogP contribution is 2.27. The van der Waals surface area contributed by atoms with Crippen LogP contribution in [0.5, 0.6) is 0 Å². The summed E-state index contributed by atoms with van der Waals surface area (Å²) in [5.41, 5.74) is 1.26. The van der Waals surface area contributed by atoms with E-state index in [1.807, 2.05) is 4.90 Å². The van der Waals surface area contributed by atoms with Crippen molar-refractivity contribution in [3.63, 3.8) is 0 Å². The lowest BCUT2D eigenvalue weighted by Gasteiger charge is -2.31. The average molecular weight is 489 g/mol. The molecule has 0 bridgehead atoms. The molecule has 0 aromatic heterocycles. The molecule has 0 radical (unpaired) electrons. The molecule has 1 fully saturated rings. The minimum Gasteiger partial charge on any atom is -0.378 e. The average Bonchev–Trinajstić information content (AvgIpc) is 3.21. The van der Waals surface area contributed by atoms with Crippen molar-refractivity contribution in [1.29, 1.82) is 0 Å². The zero-order valence-electron chi connectivity index (χ0n) is 16.7. The second-order valence-corrected chi connectivity index (χ2v) is 9.99. The molecule has 2 aromatic rings. The van der Waals surface area contributed by atoms with Crippen molar-refractivity contribution in [3.05, 3.63) is 58.7 Å². The van der Waals surface area contributed by atoms with Crippen molar-refractivity contribution in [3.8, 4) is 0 Å². The van der Waals surface area contributed by atoms with E-state index in [0.717, 1.165) is 43.8 Å². The van der Waals surface area contributed by atoms with Crippen molar-refractivity contribution in [2.75, 3.05) is 24.2 Å². The maximum atomic E-state index is 14.6. The van der Waals surface area contributed by atoms with Crippen LogP contribution in [0.3, 0.4) is 0 Å². The molecule has 12 heteroatoms. The second kappa shape index (κ2) is 9.38. The highest BCUT2D eigenvalue weighted by Gasteiger charge is 2.27. The number of halogens is 4. The van der Waals surface area contributed by atoms with Gasteiger partial charge in [-0.15, -0.1) is 11.8 Å². The summed E-state index contributed by atoms with van der Waals surface area (Å²) in [7, 11) is -4.34. The van der Waals surface area contributed by atoms with Gasteiger partial charge in [-0.05, 0) is 43.8 Å². The van der Waals surface area contributed by atoms with Crippen LogP contribution in [0.15, 0.2) is 34.2 Å². The van der Waals surface area contributed by atoms with Crippen molar-refractivity contribution in [2.24, 2.45) is 4.99 Å². The number of nitrogens with one attached hydrogen (secondary N) is 2. The van der Waals surface area contributed by atoms with E-state index >= 15 is 0 Å². The molecule has 0 saturated carbocycles. The van der Waals surface area contributed by atoms with Gasteiger partial charge in [0.2, 0.25) is 10.0 Å². The molecule has 32 heavy (non-hydrogen) atoms. The largest absolute Gasteiger partial charge is 0.378 e. The number of hydrogen-bond donors (Lipinski definition) is 2. The standard InChI is InChI=1S/C20H20F4N4O2S2/c21-14-2-3-15(22)13(9-28-6-1-7-28)12(14)8-25-16-4-5-17(20(24)19(16)23)32(29,30)27-18-10-31-11-26-18/h2-5,11,18,25,27H,1,6-10H2. The first-order chi connectivity index (χ1) is 15.3. The lowest BCUT2D eigenvalue weighted by atomic mass is 10.0. The van der Waals surface area contributed by atoms with E-state index in [9.17, 15) is 26.0 Å². The first-order valence-electron chi connectivity index (χ1n) is 9.82. The molecule has 172 valence electrons. The molecule has 0 amide bonds. The van der Waals surface area contributed by atoms with Crippen LogP contribution in [0.4, 0.5) is 23.2 Å². The minimum atomic E-state index is -4.34. The predicted molar refractivity (Wildman–Crippen MR) is 115 cm³/mol. The topological polar surface area (TPSA) is 73.8 Å². The van der Waals surface area contributed by atoms with Gasteiger partial charge in [0.05, 0.1) is 11.2 Å². The second-order valence-electron chi connectivity index (χ2n) is 7.43. The fourth-order valence-corrected chi connectivity index (χ4v) is 5.40. The molecule has 2 aromatic carbocycles. The quantitative estimate of drug-likeness (QED) is 0.557. The van der Waals surface area contributed by atoms with Gasteiger partial charge in [-0.1, -0.05) is 0 Å². The van der Waals surface area contributed by atoms with Gasteiger partial charge in [-0.25, -0.2) is 26.0 Å². The van der Waals surface area contributed by atoms with E-state index in [0.29, 0.717) is 5.75 Å². The maximum absolute atomic E-state index is 14.6. The molecule has 2 heterocycles. The zero-order chi connectivity index (χ0) is 22.9. The van der Waals surface area contributed by atoms with E-state index in [4.69, 9.17) is 0 Å². The lowest BCUT2D eigenvalue weighted by molar-refractivity contribution is 0.169. The first-order valence-corrected chi connectivity index (χ1v) is 12.3. The molecule has 1 unspecified atom stereocenters. The third-order valence-corrected chi connectivity index (χ3v) is 7.56. The van der Waals surface area contributed by atoms with Gasteiger partial charge >= 0.3 is 0 Å². The summed E-state index contributed by atoms with van der Waals surface area (Å²) in [6, 6.07) is 3.98. The summed E-state index contributed by atoms with van der Waals surface area (Å²) in [6.45, 7) is 1.46. The van der Waals surface area contributed by atoms with Gasteiger partial charge < -0.3 is 5.32 Å². The molecule has 0 spiro atoms. The van der Waals surface area contributed by atoms with E-state index in [-0.39, 0.29) is 29.9 Å². The van der Waals surface area contributed by atoms with Crippen LogP contribution >= 0.6 is 11.8 Å². The Bertz CT molecular complexity index is 1160. The fraction of sp³-hybridized carbons (Fsp3) is 0.350. The summed E-state index contributed by atoms with van der Waals surface area (Å²) in [5.74, 6) is -3.91. The Labute approximate surface area is 187 Å². The number of benzene rings is 2. The first kappa shape index (κ1) is 23.0. The number of rotatable bonds is 8. The van der Waals surface area contributed by atoms with Gasteiger partial charge in [-0.3, -0.25) is 9.89 Å². The molecule has 4 rings (SSSR count). The van der Waals surface area contributed by atoms with Crippen molar-refractivity contribution >= 4 is 33.0 Å². The minimum absolute atomic E-state index is 0.00617. The van der Waals surface area contributed by atoms with Gasteiger partial charge in [0, 0.05) is 30.0 Å². The molecule has 1 saturated heterocycles. The monoisotopic (exact) mass is 488 g/mol. The smallest absolute Gasteiger partial charge is 0.245 e. The van der Waals surface area contributed by atoms with Crippen molar-refractivity contribution < 1.29 is 26.0 Å². The third kappa shape index (κ3) is 4.77. The molecule has 6 nitrogen and oxygen atoms in total. The Morgan fingerprint density at radius 3 is 2.38 bits per heavy atom. The van der Waals surface area contributed by atoms with Crippen molar-refractivity contribution in [2.45, 2.75) is 30.6 Å². The summed E-state index contributed by atoms with van der Waals surface area (Å²) in [5, 5.41) is 2.56. The van der Waals surface area contributed by atoms with Gasteiger partial charge in [0.15, 0.2) is 11.6 Å². The number of sulfonamides is 1. The van der Waals surface area contributed by atoms with E-state index in [1.54, 1.807) is 0 Å². The number of nitrogens with zero attached hydrogens (tertiary/aromatic N) is 2. The highest BCUT2D eigenvalue weighted by molar-refractivity contribution is 8.12. The molecule has 0 aliphatic carbocycles. The normalized spacial score (nSPS) is 18.7. The highest BCUT2D eigenvalue weighted by atomic mass is 32.2. The van der Waals surface area contributed by atoms with Crippen LogP contribution in [-0.4, -0.2) is 43.9 Å². The molecule has 2 N–H and O–H groups in total. The number of likely N-dealkylation sites (tertiary alicyclic amines) is 1. The summed E-state index contributed by atoms with van der Waals surface area (Å²) in [4.78, 5) is 4.97. The van der Waals surface area contributed by atoms with Crippen LogP contribution in [0.2, 0.25) is 0 Å². The number of hydrogen-bond acceptors (Lipinski definition) is 6. The number of aliphatic imine (C=N–C) groups is 1. The number of thioether (sulfide) groups is 1. The SMILES string of the molecule is O=S(=O)(NC1CSC=N1)c1ccc(NCc2c(F)ccc(F)c2CN2CCC2)c(F)c1F. The molecule has 2 aliphatic heterocycles. The van der Waals surface area contributed by atoms with Gasteiger partial charge in [0.1, 0.15) is 22.7 Å². The summed E-state index contributed by atoms with van der Waals surface area (Å²) in [6.07, 6.45) is 0.219. The van der Waals surface area contributed by atoms with Gasteiger partial charge in [0.25, 0.3) is 0 Å². The van der Waals surface area contributed by atoms with Crippen LogP contribution in [0, 0.1) is 23.3 Å². The predicted octanol–water partition coefficient (Wildman–Crippen LogP) is 3.44. The summed E-state index contributed by atoms with van der Waals surface area (Å²) >= 11 is 1.29. The van der Waals surface area contributed by atoms with E-state index in [2.05, 4.69) is 15.0 Å². The van der Waals surface area contributed by atoms with E-state index < -0.39 is 44.4 Å². The Balaban J connectivity index is 1.54. The molecular formula is C20H20F4N4O2S2. The Hall–Kier alpha value is -2.15. The van der Waals surface area contributed by atoms with Crippen LogP contribution in [0.1, 0.15) is 17.5 Å². The van der Waals surface area contributed by atoms with Crippen LogP contribution in [-0.2, 0) is 23.1 Å². The maximum Gasteiger partial charge on any atom is 0.245 e. The molecule has 2 aliphatic rings. The Kier molecular flexibility index (Phi) is 6.75.